The molecule has 0 spiro atoms. The molecule has 0 unspecified atom stereocenters. The third kappa shape index (κ3) is 2.54. The lowest BCUT2D eigenvalue weighted by molar-refractivity contribution is 0.0525. The van der Waals surface area contributed by atoms with Gasteiger partial charge in [0.1, 0.15) is 17.1 Å². The summed E-state index contributed by atoms with van der Waals surface area (Å²) in [5.41, 5.74) is 1.03. The molecular formula is C14H14ClFN2O2. The number of rotatable bonds is 4. The molecule has 0 N–H and O–H groups in total. The van der Waals surface area contributed by atoms with Gasteiger partial charge in [0.15, 0.2) is 0 Å². The summed E-state index contributed by atoms with van der Waals surface area (Å²) in [5, 5.41) is 4.31. The molecule has 106 valence electrons. The normalized spacial score (nSPS) is 10.6. The number of hydrogen-bond acceptors (Lipinski definition) is 3. The van der Waals surface area contributed by atoms with Gasteiger partial charge in [-0.15, -0.1) is 0 Å². The van der Waals surface area contributed by atoms with Crippen LogP contribution in [0.25, 0.3) is 5.69 Å². The Bertz CT molecular complexity index is 620. The van der Waals surface area contributed by atoms with Crippen molar-refractivity contribution >= 4 is 17.6 Å². The van der Waals surface area contributed by atoms with Crippen LogP contribution in [0.2, 0.25) is 5.02 Å². The van der Waals surface area contributed by atoms with Crippen LogP contribution in [-0.4, -0.2) is 22.4 Å². The molecule has 0 aliphatic rings. The fraction of sp³-hybridized carbons (Fsp3) is 0.286. The Kier molecular flexibility index (Phi) is 4.39. The van der Waals surface area contributed by atoms with E-state index in [1.54, 1.807) is 13.0 Å². The van der Waals surface area contributed by atoms with Crippen LogP contribution in [0.5, 0.6) is 0 Å². The van der Waals surface area contributed by atoms with Crippen molar-refractivity contribution in [2.75, 3.05) is 6.61 Å². The molecule has 0 aliphatic carbocycles. The van der Waals surface area contributed by atoms with E-state index in [0.29, 0.717) is 17.7 Å². The van der Waals surface area contributed by atoms with E-state index in [0.717, 1.165) is 0 Å². The van der Waals surface area contributed by atoms with Crippen molar-refractivity contribution in [1.82, 2.24) is 9.78 Å². The van der Waals surface area contributed by atoms with E-state index in [-0.39, 0.29) is 17.3 Å². The summed E-state index contributed by atoms with van der Waals surface area (Å²) in [6.45, 7) is 3.85. The monoisotopic (exact) mass is 296 g/mol. The second-order valence-corrected chi connectivity index (χ2v) is 4.47. The van der Waals surface area contributed by atoms with Gasteiger partial charge in [-0.3, -0.25) is 0 Å². The lowest BCUT2D eigenvalue weighted by Crippen LogP contribution is -2.10. The van der Waals surface area contributed by atoms with Gasteiger partial charge in [0.05, 0.1) is 23.5 Å². The van der Waals surface area contributed by atoms with Crippen LogP contribution in [0, 0.1) is 5.82 Å². The number of halogens is 2. The van der Waals surface area contributed by atoms with Crippen LogP contribution in [0.3, 0.4) is 0 Å². The van der Waals surface area contributed by atoms with Crippen molar-refractivity contribution in [2.24, 2.45) is 0 Å². The number of esters is 1. The Labute approximate surface area is 121 Å². The smallest absolute Gasteiger partial charge is 0.341 e. The van der Waals surface area contributed by atoms with Gasteiger partial charge in [-0.25, -0.2) is 13.9 Å². The number of hydrogen-bond donors (Lipinski definition) is 0. The molecule has 0 saturated heterocycles. The second-order valence-electron chi connectivity index (χ2n) is 4.06. The molecule has 1 aromatic carbocycles. The molecule has 0 aliphatic heterocycles. The summed E-state index contributed by atoms with van der Waals surface area (Å²) in [7, 11) is 0. The van der Waals surface area contributed by atoms with Crippen LogP contribution in [0.15, 0.2) is 24.4 Å². The molecule has 0 bridgehead atoms. The maximum absolute atomic E-state index is 13.9. The van der Waals surface area contributed by atoms with Gasteiger partial charge < -0.3 is 4.74 Å². The van der Waals surface area contributed by atoms with Gasteiger partial charge in [0.2, 0.25) is 0 Å². The van der Waals surface area contributed by atoms with Crippen molar-refractivity contribution in [3.05, 3.63) is 46.5 Å². The van der Waals surface area contributed by atoms with E-state index >= 15 is 0 Å². The fourth-order valence-electron chi connectivity index (χ4n) is 1.98. The standard InChI is InChI=1S/C14H14ClFN2O2/c1-3-12-9(14(19)20-4-2)8-17-18(12)13-10(15)6-5-7-11(13)16/h5-8H,3-4H2,1-2H3. The minimum atomic E-state index is -0.495. The van der Waals surface area contributed by atoms with Gasteiger partial charge in [0.25, 0.3) is 0 Å². The van der Waals surface area contributed by atoms with E-state index in [9.17, 15) is 9.18 Å². The molecule has 1 heterocycles. The summed E-state index contributed by atoms with van der Waals surface area (Å²) in [4.78, 5) is 11.8. The van der Waals surface area contributed by atoms with E-state index in [1.807, 2.05) is 6.92 Å². The number of carbonyl (C=O) groups is 1. The first kappa shape index (κ1) is 14.5. The first-order valence-electron chi connectivity index (χ1n) is 6.28. The lowest BCUT2D eigenvalue weighted by Gasteiger charge is -2.10. The molecule has 20 heavy (non-hydrogen) atoms. The summed E-state index contributed by atoms with van der Waals surface area (Å²) in [5.74, 6) is -0.964. The van der Waals surface area contributed by atoms with Gasteiger partial charge in [-0.05, 0) is 25.5 Å². The second kappa shape index (κ2) is 6.05. The Morgan fingerprint density at radius 3 is 2.80 bits per heavy atom. The highest BCUT2D eigenvalue weighted by Crippen LogP contribution is 2.26. The fourth-order valence-corrected chi connectivity index (χ4v) is 2.22. The highest BCUT2D eigenvalue weighted by atomic mass is 35.5. The van der Waals surface area contributed by atoms with Crippen LogP contribution < -0.4 is 0 Å². The predicted molar refractivity (Wildman–Crippen MR) is 73.9 cm³/mol. The summed E-state index contributed by atoms with van der Waals surface area (Å²) < 4.78 is 20.3. The predicted octanol–water partition coefficient (Wildman–Crippen LogP) is 3.40. The number of aromatic nitrogens is 2. The molecule has 0 fully saturated rings. The highest BCUT2D eigenvalue weighted by Gasteiger charge is 2.21. The van der Waals surface area contributed by atoms with E-state index in [1.165, 1.54) is 23.0 Å². The van der Waals surface area contributed by atoms with Gasteiger partial charge in [-0.2, -0.15) is 5.10 Å². The van der Waals surface area contributed by atoms with Crippen LogP contribution >= 0.6 is 11.6 Å². The van der Waals surface area contributed by atoms with Crippen molar-refractivity contribution in [3.8, 4) is 5.69 Å². The minimum Gasteiger partial charge on any atom is -0.462 e. The lowest BCUT2D eigenvalue weighted by atomic mass is 10.2. The van der Waals surface area contributed by atoms with Crippen molar-refractivity contribution in [3.63, 3.8) is 0 Å². The average Bonchev–Trinajstić information content (AvgIpc) is 2.82. The SMILES string of the molecule is CCOC(=O)c1cnn(-c2c(F)cccc2Cl)c1CC. The largest absolute Gasteiger partial charge is 0.462 e. The van der Waals surface area contributed by atoms with Crippen LogP contribution in [0.1, 0.15) is 29.9 Å². The van der Waals surface area contributed by atoms with Crippen LogP contribution in [0.4, 0.5) is 4.39 Å². The zero-order chi connectivity index (χ0) is 14.7. The minimum absolute atomic E-state index is 0.140. The number of para-hydroxylation sites is 1. The van der Waals surface area contributed by atoms with Gasteiger partial charge >= 0.3 is 5.97 Å². The van der Waals surface area contributed by atoms with E-state index < -0.39 is 11.8 Å². The summed E-state index contributed by atoms with van der Waals surface area (Å²) in [6.07, 6.45) is 1.87. The zero-order valence-corrected chi connectivity index (χ0v) is 11.9. The maximum Gasteiger partial charge on any atom is 0.341 e. The summed E-state index contributed by atoms with van der Waals surface area (Å²) in [6, 6.07) is 4.39. The molecular weight excluding hydrogens is 283 g/mol. The van der Waals surface area contributed by atoms with Crippen molar-refractivity contribution < 1.29 is 13.9 Å². The van der Waals surface area contributed by atoms with E-state index in [2.05, 4.69) is 5.10 Å². The first-order valence-corrected chi connectivity index (χ1v) is 6.66. The maximum atomic E-state index is 13.9. The van der Waals surface area contributed by atoms with Gasteiger partial charge in [0, 0.05) is 0 Å². The third-order valence-corrected chi connectivity index (χ3v) is 3.15. The Balaban J connectivity index is 2.56. The van der Waals surface area contributed by atoms with Crippen molar-refractivity contribution in [2.45, 2.75) is 20.3 Å². The molecule has 0 radical (unpaired) electrons. The zero-order valence-electron chi connectivity index (χ0n) is 11.2. The molecule has 4 nitrogen and oxygen atoms in total. The Hall–Kier alpha value is -1.88. The number of carbonyl (C=O) groups excluding carboxylic acids is 1. The third-order valence-electron chi connectivity index (χ3n) is 2.85. The number of benzene rings is 1. The first-order chi connectivity index (χ1) is 9.60. The molecule has 0 saturated carbocycles. The molecule has 0 amide bonds. The molecule has 1 aromatic heterocycles. The van der Waals surface area contributed by atoms with Crippen molar-refractivity contribution in [1.29, 1.82) is 0 Å². The number of ether oxygens (including phenoxy) is 1. The Morgan fingerprint density at radius 1 is 1.45 bits per heavy atom. The molecule has 2 aromatic rings. The quantitative estimate of drug-likeness (QED) is 0.812. The average molecular weight is 297 g/mol. The number of nitrogens with zero attached hydrogens (tertiary/aromatic N) is 2. The molecule has 2 rings (SSSR count). The molecule has 0 atom stereocenters. The topological polar surface area (TPSA) is 44.1 Å². The molecule has 6 heteroatoms. The van der Waals surface area contributed by atoms with E-state index in [4.69, 9.17) is 16.3 Å². The summed E-state index contributed by atoms with van der Waals surface area (Å²) >= 11 is 6.03. The Morgan fingerprint density at radius 2 is 2.20 bits per heavy atom. The highest BCUT2D eigenvalue weighted by molar-refractivity contribution is 6.32. The van der Waals surface area contributed by atoms with Crippen LogP contribution in [-0.2, 0) is 11.2 Å². The van der Waals surface area contributed by atoms with Gasteiger partial charge in [-0.1, -0.05) is 24.6 Å².